The van der Waals surface area contributed by atoms with Gasteiger partial charge in [0.2, 0.25) is 11.8 Å². The van der Waals surface area contributed by atoms with Crippen molar-refractivity contribution in [2.75, 3.05) is 18.5 Å². The Morgan fingerprint density at radius 3 is 2.48 bits per heavy atom. The minimum Gasteiger partial charge on any atom is -0.462 e. The number of anilines is 1. The summed E-state index contributed by atoms with van der Waals surface area (Å²) in [5.41, 5.74) is 2.08. The van der Waals surface area contributed by atoms with E-state index in [0.717, 1.165) is 12.0 Å². The van der Waals surface area contributed by atoms with E-state index in [1.807, 2.05) is 44.2 Å². The predicted molar refractivity (Wildman–Crippen MR) is 110 cm³/mol. The van der Waals surface area contributed by atoms with E-state index < -0.39 is 5.92 Å². The van der Waals surface area contributed by atoms with Crippen LogP contribution in [0.2, 0.25) is 0 Å². The van der Waals surface area contributed by atoms with Gasteiger partial charge in [-0.2, -0.15) is 0 Å². The van der Waals surface area contributed by atoms with Crippen LogP contribution in [0, 0.1) is 5.92 Å². The van der Waals surface area contributed by atoms with E-state index in [9.17, 15) is 14.4 Å². The molecule has 1 fully saturated rings. The number of nitrogens with zero attached hydrogens (tertiary/aromatic N) is 1. The molecule has 0 aliphatic carbocycles. The lowest BCUT2D eigenvalue weighted by Gasteiger charge is -2.25. The van der Waals surface area contributed by atoms with Crippen LogP contribution in [0.25, 0.3) is 0 Å². The topological polar surface area (TPSA) is 75.7 Å². The van der Waals surface area contributed by atoms with Crippen LogP contribution in [-0.2, 0) is 14.3 Å². The second-order valence-corrected chi connectivity index (χ2v) is 7.24. The SMILES string of the molecule is CCCOC(=O)c1ccc(NC(=O)[C@@H]2CC(=O)N([C@@H](C)c3ccccc3)C2)cc1. The summed E-state index contributed by atoms with van der Waals surface area (Å²) in [4.78, 5) is 38.7. The summed E-state index contributed by atoms with van der Waals surface area (Å²) in [7, 11) is 0. The molecule has 0 bridgehead atoms. The molecule has 29 heavy (non-hydrogen) atoms. The van der Waals surface area contributed by atoms with Gasteiger partial charge in [-0.25, -0.2) is 4.79 Å². The molecule has 1 aliphatic rings. The summed E-state index contributed by atoms with van der Waals surface area (Å²) < 4.78 is 5.09. The number of likely N-dealkylation sites (tertiary alicyclic amines) is 1. The van der Waals surface area contributed by atoms with Crippen LogP contribution >= 0.6 is 0 Å². The highest BCUT2D eigenvalue weighted by molar-refractivity contribution is 5.97. The lowest BCUT2D eigenvalue weighted by Crippen LogP contribution is -2.30. The number of rotatable bonds is 7. The Morgan fingerprint density at radius 2 is 1.83 bits per heavy atom. The third-order valence-electron chi connectivity index (χ3n) is 5.10. The van der Waals surface area contributed by atoms with E-state index in [4.69, 9.17) is 4.74 Å². The molecule has 6 heteroatoms. The average Bonchev–Trinajstić information content (AvgIpc) is 3.14. The van der Waals surface area contributed by atoms with Crippen molar-refractivity contribution in [1.29, 1.82) is 0 Å². The molecule has 0 saturated carbocycles. The van der Waals surface area contributed by atoms with E-state index in [2.05, 4.69) is 5.32 Å². The van der Waals surface area contributed by atoms with Gasteiger partial charge in [0.25, 0.3) is 0 Å². The molecule has 1 heterocycles. The van der Waals surface area contributed by atoms with E-state index in [0.29, 0.717) is 24.4 Å². The van der Waals surface area contributed by atoms with Crippen molar-refractivity contribution in [3.63, 3.8) is 0 Å². The molecule has 2 aromatic carbocycles. The molecule has 1 aliphatic heterocycles. The van der Waals surface area contributed by atoms with Crippen LogP contribution in [0.3, 0.4) is 0 Å². The zero-order valence-corrected chi connectivity index (χ0v) is 16.8. The fourth-order valence-corrected chi connectivity index (χ4v) is 3.41. The van der Waals surface area contributed by atoms with Crippen LogP contribution in [0.1, 0.15) is 48.7 Å². The van der Waals surface area contributed by atoms with Gasteiger partial charge in [-0.3, -0.25) is 9.59 Å². The monoisotopic (exact) mass is 394 g/mol. The normalized spacial score (nSPS) is 17.1. The van der Waals surface area contributed by atoms with Gasteiger partial charge in [-0.15, -0.1) is 0 Å². The Bertz CT molecular complexity index is 864. The molecule has 2 aromatic rings. The maximum atomic E-state index is 12.6. The highest BCUT2D eigenvalue weighted by atomic mass is 16.5. The fourth-order valence-electron chi connectivity index (χ4n) is 3.41. The highest BCUT2D eigenvalue weighted by Crippen LogP contribution is 2.29. The van der Waals surface area contributed by atoms with Crippen molar-refractivity contribution < 1.29 is 19.1 Å². The number of amides is 2. The van der Waals surface area contributed by atoms with Crippen molar-refractivity contribution in [3.05, 3.63) is 65.7 Å². The van der Waals surface area contributed by atoms with E-state index >= 15 is 0 Å². The molecule has 0 unspecified atom stereocenters. The summed E-state index contributed by atoms with van der Waals surface area (Å²) in [5.74, 6) is -0.988. The average molecular weight is 394 g/mol. The lowest BCUT2D eigenvalue weighted by molar-refractivity contribution is -0.129. The Morgan fingerprint density at radius 1 is 1.14 bits per heavy atom. The Labute approximate surface area is 170 Å². The van der Waals surface area contributed by atoms with Crippen molar-refractivity contribution in [1.82, 2.24) is 4.90 Å². The second-order valence-electron chi connectivity index (χ2n) is 7.24. The minimum atomic E-state index is -0.400. The third kappa shape index (κ3) is 5.02. The second kappa shape index (κ2) is 9.37. The number of carbonyl (C=O) groups is 3. The van der Waals surface area contributed by atoms with Crippen LogP contribution in [-0.4, -0.2) is 35.8 Å². The highest BCUT2D eigenvalue weighted by Gasteiger charge is 2.37. The van der Waals surface area contributed by atoms with Gasteiger partial charge in [-0.05, 0) is 43.2 Å². The molecule has 1 N–H and O–H groups in total. The first kappa shape index (κ1) is 20.6. The van der Waals surface area contributed by atoms with E-state index in [1.165, 1.54) is 0 Å². The van der Waals surface area contributed by atoms with Crippen LogP contribution in [0.4, 0.5) is 5.69 Å². The summed E-state index contributed by atoms with van der Waals surface area (Å²) in [6.07, 6.45) is 0.963. The number of carbonyl (C=O) groups excluding carboxylic acids is 3. The molecule has 2 amide bonds. The molecule has 152 valence electrons. The molecule has 6 nitrogen and oxygen atoms in total. The summed E-state index contributed by atoms with van der Waals surface area (Å²) in [6, 6.07) is 16.3. The summed E-state index contributed by atoms with van der Waals surface area (Å²) in [5, 5.41) is 2.84. The summed E-state index contributed by atoms with van der Waals surface area (Å²) in [6.45, 7) is 4.68. The maximum absolute atomic E-state index is 12.6. The number of hydrogen-bond donors (Lipinski definition) is 1. The zero-order valence-electron chi connectivity index (χ0n) is 16.8. The zero-order chi connectivity index (χ0) is 20.8. The molecule has 0 spiro atoms. The quantitative estimate of drug-likeness (QED) is 0.725. The van der Waals surface area contributed by atoms with Gasteiger partial charge in [0.1, 0.15) is 0 Å². The molecule has 2 atom stereocenters. The standard InChI is InChI=1S/C23H26N2O4/c1-3-13-29-23(28)18-9-11-20(12-10-18)24-22(27)19-14-21(26)25(15-19)16(2)17-7-5-4-6-8-17/h4-12,16,19H,3,13-15H2,1-2H3,(H,24,27)/t16-,19+/m0/s1. The van der Waals surface area contributed by atoms with Gasteiger partial charge < -0.3 is 15.0 Å². The minimum absolute atomic E-state index is 0.0180. The predicted octanol–water partition coefficient (Wildman–Crippen LogP) is 3.80. The molecule has 1 saturated heterocycles. The largest absolute Gasteiger partial charge is 0.462 e. The van der Waals surface area contributed by atoms with Crippen molar-refractivity contribution in [2.45, 2.75) is 32.7 Å². The van der Waals surface area contributed by atoms with Crippen LogP contribution in [0.5, 0.6) is 0 Å². The van der Waals surface area contributed by atoms with E-state index in [-0.39, 0.29) is 30.2 Å². The fraction of sp³-hybridized carbons (Fsp3) is 0.348. The van der Waals surface area contributed by atoms with Gasteiger partial charge in [0, 0.05) is 18.7 Å². The van der Waals surface area contributed by atoms with Gasteiger partial charge in [-0.1, -0.05) is 37.3 Å². The molecular formula is C23H26N2O4. The van der Waals surface area contributed by atoms with Crippen molar-refractivity contribution in [2.24, 2.45) is 5.92 Å². The smallest absolute Gasteiger partial charge is 0.338 e. The van der Waals surface area contributed by atoms with Crippen molar-refractivity contribution >= 4 is 23.5 Å². The van der Waals surface area contributed by atoms with Crippen LogP contribution < -0.4 is 5.32 Å². The number of hydrogen-bond acceptors (Lipinski definition) is 4. The maximum Gasteiger partial charge on any atom is 0.338 e. The Balaban J connectivity index is 1.58. The first-order valence-corrected chi connectivity index (χ1v) is 9.92. The number of benzene rings is 2. The van der Waals surface area contributed by atoms with Gasteiger partial charge >= 0.3 is 5.97 Å². The number of esters is 1. The summed E-state index contributed by atoms with van der Waals surface area (Å²) >= 11 is 0. The molecule has 0 radical (unpaired) electrons. The Hall–Kier alpha value is -3.15. The van der Waals surface area contributed by atoms with Crippen molar-refractivity contribution in [3.8, 4) is 0 Å². The number of nitrogens with one attached hydrogen (secondary N) is 1. The molecular weight excluding hydrogens is 368 g/mol. The van der Waals surface area contributed by atoms with Gasteiger partial charge in [0.05, 0.1) is 24.1 Å². The first-order chi connectivity index (χ1) is 14.0. The Kier molecular flexibility index (Phi) is 6.65. The first-order valence-electron chi connectivity index (χ1n) is 9.92. The molecule has 3 rings (SSSR count). The van der Waals surface area contributed by atoms with E-state index in [1.54, 1.807) is 29.2 Å². The lowest BCUT2D eigenvalue weighted by atomic mass is 10.1. The van der Waals surface area contributed by atoms with Gasteiger partial charge in [0.15, 0.2) is 0 Å². The molecule has 0 aromatic heterocycles. The third-order valence-corrected chi connectivity index (χ3v) is 5.10. The number of ether oxygens (including phenoxy) is 1. The van der Waals surface area contributed by atoms with Crippen LogP contribution in [0.15, 0.2) is 54.6 Å².